The number of rotatable bonds is 4. The number of benzene rings is 1. The SMILES string of the molecule is COC(=O)c1ccc(Nc2ncc(-c3ccc(C(F)(F)F)cc3)o2)cn1. The maximum atomic E-state index is 12.6. The number of halogens is 3. The number of nitrogens with zero attached hydrogens (tertiary/aromatic N) is 2. The zero-order chi connectivity index (χ0) is 18.7. The molecule has 0 aliphatic rings. The van der Waals surface area contributed by atoms with E-state index in [0.717, 1.165) is 12.1 Å². The number of hydrogen-bond donors (Lipinski definition) is 1. The van der Waals surface area contributed by atoms with Gasteiger partial charge < -0.3 is 14.5 Å². The second kappa shape index (κ2) is 6.87. The summed E-state index contributed by atoms with van der Waals surface area (Å²) in [5.41, 5.74) is 0.378. The summed E-state index contributed by atoms with van der Waals surface area (Å²) in [4.78, 5) is 19.3. The molecule has 0 atom stereocenters. The van der Waals surface area contributed by atoms with Crippen LogP contribution in [0, 0.1) is 0 Å². The largest absolute Gasteiger partial charge is 0.464 e. The normalized spacial score (nSPS) is 11.2. The van der Waals surface area contributed by atoms with E-state index in [9.17, 15) is 18.0 Å². The van der Waals surface area contributed by atoms with Gasteiger partial charge in [-0.05, 0) is 24.3 Å². The van der Waals surface area contributed by atoms with Gasteiger partial charge in [0.1, 0.15) is 5.69 Å². The molecule has 0 spiro atoms. The fourth-order valence-corrected chi connectivity index (χ4v) is 2.11. The highest BCUT2D eigenvalue weighted by molar-refractivity contribution is 5.87. The van der Waals surface area contributed by atoms with Gasteiger partial charge in [0.25, 0.3) is 6.01 Å². The van der Waals surface area contributed by atoms with Crippen LogP contribution in [0.5, 0.6) is 0 Å². The minimum Gasteiger partial charge on any atom is -0.464 e. The molecule has 6 nitrogen and oxygen atoms in total. The Balaban J connectivity index is 1.73. The van der Waals surface area contributed by atoms with Crippen molar-refractivity contribution < 1.29 is 27.1 Å². The molecule has 1 N–H and O–H groups in total. The van der Waals surface area contributed by atoms with Crippen molar-refractivity contribution in [3.05, 3.63) is 60.0 Å². The topological polar surface area (TPSA) is 77.2 Å². The second-order valence-corrected chi connectivity index (χ2v) is 5.15. The molecule has 1 aromatic carbocycles. The molecule has 9 heteroatoms. The molecule has 26 heavy (non-hydrogen) atoms. The van der Waals surface area contributed by atoms with E-state index in [1.54, 1.807) is 6.07 Å². The first kappa shape index (κ1) is 17.5. The summed E-state index contributed by atoms with van der Waals surface area (Å²) in [7, 11) is 1.26. The van der Waals surface area contributed by atoms with Gasteiger partial charge in [-0.15, -0.1) is 0 Å². The molecule has 0 aliphatic carbocycles. The van der Waals surface area contributed by atoms with Crippen LogP contribution in [-0.4, -0.2) is 23.0 Å². The zero-order valence-corrected chi connectivity index (χ0v) is 13.4. The number of methoxy groups -OCH3 is 1. The molecule has 3 aromatic rings. The number of anilines is 2. The van der Waals surface area contributed by atoms with Gasteiger partial charge in [0, 0.05) is 5.56 Å². The van der Waals surface area contributed by atoms with Crippen LogP contribution < -0.4 is 5.32 Å². The molecule has 0 aliphatic heterocycles. The Morgan fingerprint density at radius 1 is 1.08 bits per heavy atom. The van der Waals surface area contributed by atoms with Crippen LogP contribution in [0.15, 0.2) is 53.2 Å². The number of aromatic nitrogens is 2. The highest BCUT2D eigenvalue weighted by atomic mass is 19.4. The van der Waals surface area contributed by atoms with Crippen molar-refractivity contribution in [2.75, 3.05) is 12.4 Å². The molecule has 0 unspecified atom stereocenters. The number of esters is 1. The van der Waals surface area contributed by atoms with Gasteiger partial charge in [0.05, 0.1) is 30.8 Å². The first-order chi connectivity index (χ1) is 12.4. The number of carbonyl (C=O) groups is 1. The third kappa shape index (κ3) is 3.82. The van der Waals surface area contributed by atoms with Crippen molar-refractivity contribution in [2.45, 2.75) is 6.18 Å². The molecular formula is C17H12F3N3O3. The van der Waals surface area contributed by atoms with E-state index in [1.807, 2.05) is 0 Å². The number of ether oxygens (including phenoxy) is 1. The number of hydrogen-bond acceptors (Lipinski definition) is 6. The summed E-state index contributed by atoms with van der Waals surface area (Å²) in [6.07, 6.45) is -1.61. The van der Waals surface area contributed by atoms with Crippen LogP contribution in [0.1, 0.15) is 16.1 Å². The van der Waals surface area contributed by atoms with Crippen molar-refractivity contribution in [2.24, 2.45) is 0 Å². The second-order valence-electron chi connectivity index (χ2n) is 5.15. The maximum Gasteiger partial charge on any atom is 0.416 e. The monoisotopic (exact) mass is 363 g/mol. The standard InChI is InChI=1S/C17H12F3N3O3/c1-25-15(24)13-7-6-12(8-21-13)23-16-22-9-14(26-16)10-2-4-11(5-3-10)17(18,19)20/h2-9H,1H3,(H,22,23). The quantitative estimate of drug-likeness (QED) is 0.697. The minimum atomic E-state index is -4.39. The Morgan fingerprint density at radius 2 is 1.81 bits per heavy atom. The van der Waals surface area contributed by atoms with Crippen LogP contribution in [-0.2, 0) is 10.9 Å². The lowest BCUT2D eigenvalue weighted by atomic mass is 10.1. The Morgan fingerprint density at radius 3 is 2.38 bits per heavy atom. The van der Waals surface area contributed by atoms with E-state index in [-0.39, 0.29) is 11.7 Å². The Bertz CT molecular complexity index is 903. The highest BCUT2D eigenvalue weighted by Crippen LogP contribution is 2.31. The summed E-state index contributed by atoms with van der Waals surface area (Å²) in [6, 6.07) is 7.74. The highest BCUT2D eigenvalue weighted by Gasteiger charge is 2.30. The third-order valence-corrected chi connectivity index (χ3v) is 3.41. The molecule has 0 amide bonds. The Kier molecular flexibility index (Phi) is 4.61. The molecule has 0 radical (unpaired) electrons. The van der Waals surface area contributed by atoms with E-state index in [4.69, 9.17) is 4.42 Å². The third-order valence-electron chi connectivity index (χ3n) is 3.41. The van der Waals surface area contributed by atoms with E-state index < -0.39 is 17.7 Å². The van der Waals surface area contributed by atoms with Gasteiger partial charge in [-0.2, -0.15) is 13.2 Å². The van der Waals surface area contributed by atoms with E-state index in [1.165, 1.54) is 37.7 Å². The summed E-state index contributed by atoms with van der Waals surface area (Å²) >= 11 is 0. The number of nitrogens with one attached hydrogen (secondary N) is 1. The van der Waals surface area contributed by atoms with Gasteiger partial charge in [-0.3, -0.25) is 0 Å². The molecule has 0 fully saturated rings. The van der Waals surface area contributed by atoms with Crippen LogP contribution in [0.4, 0.5) is 24.9 Å². The van der Waals surface area contributed by atoms with Gasteiger partial charge in [0.2, 0.25) is 0 Å². The maximum absolute atomic E-state index is 12.6. The molecule has 0 bridgehead atoms. The van der Waals surface area contributed by atoms with E-state index in [2.05, 4.69) is 20.0 Å². The predicted molar refractivity (Wildman–Crippen MR) is 85.8 cm³/mol. The van der Waals surface area contributed by atoms with Gasteiger partial charge in [-0.25, -0.2) is 14.8 Å². The lowest BCUT2D eigenvalue weighted by molar-refractivity contribution is -0.137. The van der Waals surface area contributed by atoms with Crippen LogP contribution in [0.3, 0.4) is 0 Å². The van der Waals surface area contributed by atoms with Gasteiger partial charge in [0.15, 0.2) is 5.76 Å². The van der Waals surface area contributed by atoms with Crippen molar-refractivity contribution in [1.82, 2.24) is 9.97 Å². The molecule has 0 saturated carbocycles. The van der Waals surface area contributed by atoms with Gasteiger partial charge >= 0.3 is 12.1 Å². The number of alkyl halides is 3. The summed E-state index contributed by atoms with van der Waals surface area (Å²) in [5.74, 6) is -0.252. The van der Waals surface area contributed by atoms with Crippen LogP contribution >= 0.6 is 0 Å². The van der Waals surface area contributed by atoms with Crippen molar-refractivity contribution in [3.63, 3.8) is 0 Å². The fourth-order valence-electron chi connectivity index (χ4n) is 2.11. The Hall–Kier alpha value is -3.36. The number of pyridine rings is 1. The first-order valence-corrected chi connectivity index (χ1v) is 7.31. The van der Waals surface area contributed by atoms with E-state index in [0.29, 0.717) is 17.0 Å². The molecular weight excluding hydrogens is 351 g/mol. The summed E-state index contributed by atoms with van der Waals surface area (Å²) < 4.78 is 47.8. The molecule has 2 heterocycles. The molecule has 0 saturated heterocycles. The summed E-state index contributed by atoms with van der Waals surface area (Å²) in [5, 5.41) is 2.84. The summed E-state index contributed by atoms with van der Waals surface area (Å²) in [6.45, 7) is 0. The number of oxazole rings is 1. The van der Waals surface area contributed by atoms with Crippen LogP contribution in [0.25, 0.3) is 11.3 Å². The average molecular weight is 363 g/mol. The Labute approximate surface area is 145 Å². The molecule has 134 valence electrons. The lowest BCUT2D eigenvalue weighted by Gasteiger charge is -2.06. The predicted octanol–water partition coefficient (Wildman–Crippen LogP) is 4.29. The van der Waals surface area contributed by atoms with Gasteiger partial charge in [-0.1, -0.05) is 12.1 Å². The lowest BCUT2D eigenvalue weighted by Crippen LogP contribution is -2.04. The average Bonchev–Trinajstić information content (AvgIpc) is 3.09. The van der Waals surface area contributed by atoms with E-state index >= 15 is 0 Å². The van der Waals surface area contributed by atoms with Crippen LogP contribution in [0.2, 0.25) is 0 Å². The van der Waals surface area contributed by atoms with Crippen molar-refractivity contribution >= 4 is 17.7 Å². The minimum absolute atomic E-state index is 0.132. The zero-order valence-electron chi connectivity index (χ0n) is 13.4. The van der Waals surface area contributed by atoms with Crippen molar-refractivity contribution in [1.29, 1.82) is 0 Å². The fraction of sp³-hybridized carbons (Fsp3) is 0.118. The smallest absolute Gasteiger partial charge is 0.416 e. The number of carbonyl (C=O) groups excluding carboxylic acids is 1. The molecule has 2 aromatic heterocycles. The van der Waals surface area contributed by atoms with Crippen molar-refractivity contribution in [3.8, 4) is 11.3 Å². The molecule has 3 rings (SSSR count). The first-order valence-electron chi connectivity index (χ1n) is 7.31.